The molecule has 126 valence electrons. The quantitative estimate of drug-likeness (QED) is 0.871. The van der Waals surface area contributed by atoms with Crippen molar-refractivity contribution in [3.8, 4) is 0 Å². The summed E-state index contributed by atoms with van der Waals surface area (Å²) in [5, 5.41) is 2.96. The van der Waals surface area contributed by atoms with Crippen molar-refractivity contribution in [2.24, 2.45) is 17.3 Å². The van der Waals surface area contributed by atoms with E-state index in [4.69, 9.17) is 0 Å². The van der Waals surface area contributed by atoms with Crippen molar-refractivity contribution in [1.82, 2.24) is 10.2 Å². The topological polar surface area (TPSA) is 49.4 Å². The summed E-state index contributed by atoms with van der Waals surface area (Å²) in [5.74, 6) is 1.62. The molecule has 1 saturated carbocycles. The van der Waals surface area contributed by atoms with Crippen LogP contribution in [0.2, 0.25) is 0 Å². The maximum Gasteiger partial charge on any atom is 0.222 e. The number of likely N-dealkylation sites (tertiary alicyclic amines) is 1. The van der Waals surface area contributed by atoms with Gasteiger partial charge in [-0.15, -0.1) is 0 Å². The summed E-state index contributed by atoms with van der Waals surface area (Å²) >= 11 is 0. The van der Waals surface area contributed by atoms with Gasteiger partial charge in [0.25, 0.3) is 0 Å². The summed E-state index contributed by atoms with van der Waals surface area (Å²) < 4.78 is 0. The predicted octanol–water partition coefficient (Wildman–Crippen LogP) is 2.97. The Morgan fingerprint density at radius 3 is 2.36 bits per heavy atom. The Hall–Kier alpha value is -1.06. The standard InChI is InChI=1S/C18H32N2O2/c1-13-9-15(12-18(3,4)11-13)10-17(22)20-7-5-16(6-8-20)19-14(2)21/h13,15-16H,5-12H2,1-4H3,(H,19,21)/t13-,15-/m1/s1. The largest absolute Gasteiger partial charge is 0.353 e. The Morgan fingerprint density at radius 2 is 1.82 bits per heavy atom. The molecule has 0 radical (unpaired) electrons. The Bertz CT molecular complexity index is 411. The lowest BCUT2D eigenvalue weighted by Crippen LogP contribution is -2.46. The van der Waals surface area contributed by atoms with Crippen molar-refractivity contribution in [3.05, 3.63) is 0 Å². The number of amides is 2. The molecule has 22 heavy (non-hydrogen) atoms. The molecule has 1 aliphatic heterocycles. The minimum Gasteiger partial charge on any atom is -0.353 e. The average molecular weight is 308 g/mol. The van der Waals surface area contributed by atoms with Crippen LogP contribution in [-0.2, 0) is 9.59 Å². The maximum absolute atomic E-state index is 12.6. The van der Waals surface area contributed by atoms with Gasteiger partial charge in [-0.2, -0.15) is 0 Å². The number of hydrogen-bond donors (Lipinski definition) is 1. The molecule has 2 aliphatic rings. The Kier molecular flexibility index (Phi) is 5.51. The van der Waals surface area contributed by atoms with Gasteiger partial charge in [-0.25, -0.2) is 0 Å². The molecule has 1 aliphatic carbocycles. The highest BCUT2D eigenvalue weighted by molar-refractivity contribution is 5.76. The Balaban J connectivity index is 1.79. The fourth-order valence-electron chi connectivity index (χ4n) is 4.64. The summed E-state index contributed by atoms with van der Waals surface area (Å²) in [6, 6.07) is 0.246. The number of nitrogens with zero attached hydrogens (tertiary/aromatic N) is 1. The van der Waals surface area contributed by atoms with Crippen LogP contribution in [0.1, 0.15) is 66.2 Å². The first kappa shape index (κ1) is 17.3. The van der Waals surface area contributed by atoms with Gasteiger partial charge in [0.1, 0.15) is 0 Å². The molecule has 0 aromatic carbocycles. The van der Waals surface area contributed by atoms with E-state index in [9.17, 15) is 9.59 Å². The van der Waals surface area contributed by atoms with Gasteiger partial charge in [-0.3, -0.25) is 9.59 Å². The number of rotatable bonds is 3. The molecule has 2 atom stereocenters. The van der Waals surface area contributed by atoms with Crippen LogP contribution < -0.4 is 5.32 Å². The van der Waals surface area contributed by atoms with E-state index in [0.29, 0.717) is 23.7 Å². The molecule has 0 aromatic heterocycles. The second-order valence-electron chi connectivity index (χ2n) is 8.34. The summed E-state index contributed by atoms with van der Waals surface area (Å²) in [6.45, 7) is 10.1. The third-order valence-corrected chi connectivity index (χ3v) is 5.20. The molecule has 1 saturated heterocycles. The molecule has 0 bridgehead atoms. The molecule has 4 heteroatoms. The lowest BCUT2D eigenvalue weighted by Gasteiger charge is -2.40. The van der Waals surface area contributed by atoms with E-state index in [0.717, 1.165) is 31.8 Å². The zero-order valence-electron chi connectivity index (χ0n) is 14.7. The second-order valence-corrected chi connectivity index (χ2v) is 8.34. The van der Waals surface area contributed by atoms with Crippen molar-refractivity contribution in [1.29, 1.82) is 0 Å². The summed E-state index contributed by atoms with van der Waals surface area (Å²) in [6.07, 6.45) is 6.12. The normalized spacial score (nSPS) is 29.2. The van der Waals surface area contributed by atoms with E-state index < -0.39 is 0 Å². The van der Waals surface area contributed by atoms with Crippen molar-refractivity contribution < 1.29 is 9.59 Å². The lowest BCUT2D eigenvalue weighted by molar-refractivity contribution is -0.134. The maximum atomic E-state index is 12.6. The van der Waals surface area contributed by atoms with E-state index >= 15 is 0 Å². The second kappa shape index (κ2) is 7.01. The van der Waals surface area contributed by atoms with Crippen LogP contribution in [0, 0.1) is 17.3 Å². The number of nitrogens with one attached hydrogen (secondary N) is 1. The average Bonchev–Trinajstić information content (AvgIpc) is 2.36. The highest BCUT2D eigenvalue weighted by Crippen LogP contribution is 2.43. The summed E-state index contributed by atoms with van der Waals surface area (Å²) in [4.78, 5) is 25.6. The van der Waals surface area contributed by atoms with Crippen LogP contribution in [0.25, 0.3) is 0 Å². The highest BCUT2D eigenvalue weighted by atomic mass is 16.2. The smallest absolute Gasteiger partial charge is 0.222 e. The van der Waals surface area contributed by atoms with E-state index in [1.54, 1.807) is 6.92 Å². The lowest BCUT2D eigenvalue weighted by atomic mass is 9.67. The van der Waals surface area contributed by atoms with Crippen molar-refractivity contribution in [3.63, 3.8) is 0 Å². The predicted molar refractivity (Wildman–Crippen MR) is 88.3 cm³/mol. The van der Waals surface area contributed by atoms with Gasteiger partial charge in [0, 0.05) is 32.5 Å². The summed E-state index contributed by atoms with van der Waals surface area (Å²) in [7, 11) is 0. The van der Waals surface area contributed by atoms with Crippen molar-refractivity contribution in [2.75, 3.05) is 13.1 Å². The monoisotopic (exact) mass is 308 g/mol. The molecule has 2 rings (SSSR count). The van der Waals surface area contributed by atoms with Gasteiger partial charge in [0.2, 0.25) is 11.8 Å². The molecule has 1 heterocycles. The number of piperidine rings is 1. The van der Waals surface area contributed by atoms with Crippen molar-refractivity contribution >= 4 is 11.8 Å². The molecule has 2 fully saturated rings. The van der Waals surface area contributed by atoms with Crippen LogP contribution >= 0.6 is 0 Å². The fraction of sp³-hybridized carbons (Fsp3) is 0.889. The summed E-state index contributed by atoms with van der Waals surface area (Å²) in [5.41, 5.74) is 0.376. The highest BCUT2D eigenvalue weighted by Gasteiger charge is 2.34. The first-order valence-electron chi connectivity index (χ1n) is 8.80. The zero-order chi connectivity index (χ0) is 16.3. The van der Waals surface area contributed by atoms with E-state index in [2.05, 4.69) is 26.1 Å². The fourth-order valence-corrected chi connectivity index (χ4v) is 4.64. The van der Waals surface area contributed by atoms with Gasteiger partial charge < -0.3 is 10.2 Å². The first-order chi connectivity index (χ1) is 10.2. The van der Waals surface area contributed by atoms with Gasteiger partial charge in [-0.1, -0.05) is 20.8 Å². The van der Waals surface area contributed by atoms with Gasteiger partial charge in [0.05, 0.1) is 0 Å². The zero-order valence-corrected chi connectivity index (χ0v) is 14.7. The SMILES string of the molecule is CC(=O)NC1CCN(C(=O)C[C@H]2C[C@@H](C)CC(C)(C)C2)CC1. The van der Waals surface area contributed by atoms with Crippen LogP contribution in [0.3, 0.4) is 0 Å². The molecule has 0 aromatic rings. The third kappa shape index (κ3) is 4.99. The van der Waals surface area contributed by atoms with E-state index in [-0.39, 0.29) is 11.9 Å². The van der Waals surface area contributed by atoms with Crippen molar-refractivity contribution in [2.45, 2.75) is 72.3 Å². The Labute approximate surface area is 135 Å². The van der Waals surface area contributed by atoms with Crippen LogP contribution in [0.4, 0.5) is 0 Å². The van der Waals surface area contributed by atoms with Crippen LogP contribution in [0.5, 0.6) is 0 Å². The van der Waals surface area contributed by atoms with E-state index in [1.807, 2.05) is 4.90 Å². The van der Waals surface area contributed by atoms with Crippen LogP contribution in [-0.4, -0.2) is 35.8 Å². The first-order valence-corrected chi connectivity index (χ1v) is 8.80. The molecular weight excluding hydrogens is 276 g/mol. The molecule has 1 N–H and O–H groups in total. The minimum absolute atomic E-state index is 0.0307. The number of hydrogen-bond acceptors (Lipinski definition) is 2. The molecular formula is C18H32N2O2. The van der Waals surface area contributed by atoms with E-state index in [1.165, 1.54) is 19.3 Å². The van der Waals surface area contributed by atoms with Gasteiger partial charge in [-0.05, 0) is 49.4 Å². The molecule has 4 nitrogen and oxygen atoms in total. The number of carbonyl (C=O) groups excluding carboxylic acids is 2. The number of carbonyl (C=O) groups is 2. The Morgan fingerprint density at radius 1 is 1.18 bits per heavy atom. The molecule has 2 amide bonds. The molecule has 0 unspecified atom stereocenters. The molecule has 0 spiro atoms. The van der Waals surface area contributed by atoms with Crippen LogP contribution in [0.15, 0.2) is 0 Å². The van der Waals surface area contributed by atoms with Gasteiger partial charge in [0.15, 0.2) is 0 Å². The third-order valence-electron chi connectivity index (χ3n) is 5.20. The minimum atomic E-state index is 0.0307. The van der Waals surface area contributed by atoms with Gasteiger partial charge >= 0.3 is 0 Å².